The average Bonchev–Trinajstić information content (AvgIpc) is 3.47. The number of aryl methyl sites for hydroxylation is 1. The number of amides is 1. The van der Waals surface area contributed by atoms with Crippen molar-refractivity contribution >= 4 is 27.7 Å². The number of aromatic amines is 1. The molecule has 8 nitrogen and oxygen atoms in total. The largest absolute Gasteiger partial charge is 0.411 e. The molecule has 11 heteroatoms. The number of halogens is 3. The van der Waals surface area contributed by atoms with Crippen LogP contribution in [-0.2, 0) is 9.47 Å². The van der Waals surface area contributed by atoms with Crippen LogP contribution in [0.4, 0.5) is 13.2 Å². The maximum Gasteiger partial charge on any atom is 0.411 e. The number of aromatic nitrogens is 3. The molecule has 0 spiro atoms. The van der Waals surface area contributed by atoms with Crippen molar-refractivity contribution in [3.63, 3.8) is 0 Å². The van der Waals surface area contributed by atoms with E-state index in [1.807, 2.05) is 4.68 Å². The molecule has 2 saturated heterocycles. The predicted molar refractivity (Wildman–Crippen MR) is 118 cm³/mol. The fourth-order valence-corrected chi connectivity index (χ4v) is 4.82. The van der Waals surface area contributed by atoms with Gasteiger partial charge in [0.2, 0.25) is 0 Å². The monoisotopic (exact) mass is 478 g/mol. The molecule has 2 aliphatic rings. The molecule has 182 valence electrons. The first kappa shape index (κ1) is 22.9. The first-order chi connectivity index (χ1) is 16.2. The topological polar surface area (TPSA) is 89.4 Å². The zero-order valence-electron chi connectivity index (χ0n) is 18.7. The minimum atomic E-state index is -4.36. The Morgan fingerprint density at radius 3 is 2.68 bits per heavy atom. The number of alkyl halides is 3. The van der Waals surface area contributed by atoms with Gasteiger partial charge < -0.3 is 19.4 Å². The van der Waals surface area contributed by atoms with Gasteiger partial charge in [-0.1, -0.05) is 0 Å². The van der Waals surface area contributed by atoms with E-state index in [-0.39, 0.29) is 17.5 Å². The van der Waals surface area contributed by atoms with Gasteiger partial charge in [0, 0.05) is 30.6 Å². The standard InChI is InChI=1S/C23H25F3N4O4/c1-13-8-19-17(20-18(21(31)28-19)10-27-30(20)14-4-7-33-11-14)9-16(13)22(32)29-5-2-15(3-6-29)34-12-23(24,25)26/h8-10,14-15H,2-7,11-12H2,1H3,(H,28,31)/t14-/m0/s1. The van der Waals surface area contributed by atoms with Crippen LogP contribution in [0, 0.1) is 6.92 Å². The number of hydrogen-bond acceptors (Lipinski definition) is 5. The van der Waals surface area contributed by atoms with Gasteiger partial charge in [0.1, 0.15) is 6.61 Å². The van der Waals surface area contributed by atoms with E-state index >= 15 is 0 Å². The number of fused-ring (bicyclic) bond motifs is 3. The van der Waals surface area contributed by atoms with Gasteiger partial charge in [-0.15, -0.1) is 0 Å². The summed E-state index contributed by atoms with van der Waals surface area (Å²) in [5.74, 6) is -0.191. The fraction of sp³-hybridized carbons (Fsp3) is 0.522. The van der Waals surface area contributed by atoms with Crippen LogP contribution in [-0.4, -0.2) is 70.8 Å². The molecule has 3 aromatic rings. The van der Waals surface area contributed by atoms with Crippen molar-refractivity contribution in [1.29, 1.82) is 0 Å². The SMILES string of the molecule is Cc1cc2[nH]c(=O)c3cnn([C@H]4CCOC4)c3c2cc1C(=O)N1CCC(OCC(F)(F)F)CC1. The van der Waals surface area contributed by atoms with E-state index in [9.17, 15) is 22.8 Å². The molecule has 1 aromatic carbocycles. The van der Waals surface area contributed by atoms with E-state index in [0.717, 1.165) is 11.8 Å². The van der Waals surface area contributed by atoms with Crippen LogP contribution in [0.2, 0.25) is 0 Å². The van der Waals surface area contributed by atoms with Crippen molar-refractivity contribution < 1.29 is 27.4 Å². The summed E-state index contributed by atoms with van der Waals surface area (Å²) < 4.78 is 49.5. The smallest absolute Gasteiger partial charge is 0.379 e. The van der Waals surface area contributed by atoms with Gasteiger partial charge in [-0.25, -0.2) is 0 Å². The summed E-state index contributed by atoms with van der Waals surface area (Å²) in [4.78, 5) is 30.5. The number of hydrogen-bond donors (Lipinski definition) is 1. The zero-order chi connectivity index (χ0) is 24.0. The maximum atomic E-state index is 13.4. The minimum Gasteiger partial charge on any atom is -0.379 e. The summed E-state index contributed by atoms with van der Waals surface area (Å²) in [5.41, 5.74) is 2.24. The highest BCUT2D eigenvalue weighted by molar-refractivity contribution is 6.07. The summed E-state index contributed by atoms with van der Waals surface area (Å²) >= 11 is 0. The number of nitrogens with zero attached hydrogens (tertiary/aromatic N) is 3. The molecule has 0 bridgehead atoms. The molecule has 0 aliphatic carbocycles. The average molecular weight is 478 g/mol. The number of pyridine rings is 1. The maximum absolute atomic E-state index is 13.4. The van der Waals surface area contributed by atoms with Gasteiger partial charge in [-0.05, 0) is 43.9 Å². The third-order valence-corrected chi connectivity index (χ3v) is 6.60. The van der Waals surface area contributed by atoms with E-state index < -0.39 is 18.9 Å². The van der Waals surface area contributed by atoms with Crippen molar-refractivity contribution in [2.24, 2.45) is 0 Å². The van der Waals surface area contributed by atoms with Gasteiger partial charge in [-0.2, -0.15) is 18.3 Å². The van der Waals surface area contributed by atoms with Crippen LogP contribution in [0.3, 0.4) is 0 Å². The Bertz CT molecular complexity index is 1290. The van der Waals surface area contributed by atoms with Gasteiger partial charge in [-0.3, -0.25) is 14.3 Å². The Hall–Kier alpha value is -2.92. The Morgan fingerprint density at radius 1 is 1.24 bits per heavy atom. The van der Waals surface area contributed by atoms with Crippen molar-refractivity contribution in [3.05, 3.63) is 39.8 Å². The Balaban J connectivity index is 1.45. The van der Waals surface area contributed by atoms with E-state index in [4.69, 9.17) is 9.47 Å². The van der Waals surface area contributed by atoms with Crippen LogP contribution >= 0.6 is 0 Å². The third-order valence-electron chi connectivity index (χ3n) is 6.60. The van der Waals surface area contributed by atoms with Crippen molar-refractivity contribution in [1.82, 2.24) is 19.7 Å². The second kappa shape index (κ2) is 8.70. The van der Waals surface area contributed by atoms with Crippen LogP contribution < -0.4 is 5.56 Å². The molecule has 0 radical (unpaired) electrons. The second-order valence-corrected chi connectivity index (χ2v) is 8.95. The molecule has 34 heavy (non-hydrogen) atoms. The number of nitrogens with one attached hydrogen (secondary N) is 1. The summed E-state index contributed by atoms with van der Waals surface area (Å²) in [6.45, 7) is 2.29. The normalized spacial score (nSPS) is 20.0. The lowest BCUT2D eigenvalue weighted by Crippen LogP contribution is -2.41. The van der Waals surface area contributed by atoms with Crippen LogP contribution in [0.25, 0.3) is 21.8 Å². The number of rotatable bonds is 4. The van der Waals surface area contributed by atoms with E-state index in [2.05, 4.69) is 10.1 Å². The third kappa shape index (κ3) is 4.29. The van der Waals surface area contributed by atoms with Crippen LogP contribution in [0.5, 0.6) is 0 Å². The molecule has 0 unspecified atom stereocenters. The van der Waals surface area contributed by atoms with Crippen LogP contribution in [0.15, 0.2) is 23.1 Å². The number of ether oxygens (including phenoxy) is 2. The number of benzene rings is 1. The fourth-order valence-electron chi connectivity index (χ4n) is 4.82. The van der Waals surface area contributed by atoms with Crippen molar-refractivity contribution in [3.8, 4) is 0 Å². The Kier molecular flexibility index (Phi) is 5.85. The molecule has 1 amide bonds. The molecular weight excluding hydrogens is 453 g/mol. The highest BCUT2D eigenvalue weighted by Gasteiger charge is 2.32. The summed E-state index contributed by atoms with van der Waals surface area (Å²) in [5, 5.41) is 5.61. The van der Waals surface area contributed by atoms with E-state index in [0.29, 0.717) is 66.7 Å². The summed E-state index contributed by atoms with van der Waals surface area (Å²) in [6, 6.07) is 3.58. The molecule has 2 fully saturated rings. The number of piperidine rings is 1. The summed E-state index contributed by atoms with van der Waals surface area (Å²) in [7, 11) is 0. The molecule has 1 N–H and O–H groups in total. The molecular formula is C23H25F3N4O4. The van der Waals surface area contributed by atoms with Crippen LogP contribution in [0.1, 0.15) is 41.2 Å². The number of likely N-dealkylation sites (tertiary alicyclic amines) is 1. The van der Waals surface area contributed by atoms with E-state index in [1.54, 1.807) is 30.2 Å². The lowest BCUT2D eigenvalue weighted by molar-refractivity contribution is -0.188. The number of carbonyl (C=O) groups is 1. The van der Waals surface area contributed by atoms with Crippen molar-refractivity contribution in [2.75, 3.05) is 32.9 Å². The van der Waals surface area contributed by atoms with Crippen molar-refractivity contribution in [2.45, 2.75) is 44.5 Å². The lowest BCUT2D eigenvalue weighted by atomic mass is 10.0. The number of carbonyl (C=O) groups excluding carboxylic acids is 1. The molecule has 5 rings (SSSR count). The molecule has 0 saturated carbocycles. The summed E-state index contributed by atoms with van der Waals surface area (Å²) in [6.07, 6.45) is -1.86. The molecule has 1 atom stereocenters. The predicted octanol–water partition coefficient (Wildman–Crippen LogP) is 3.33. The number of H-pyrrole nitrogens is 1. The Morgan fingerprint density at radius 2 is 2.00 bits per heavy atom. The van der Waals surface area contributed by atoms with E-state index in [1.165, 1.54) is 0 Å². The Labute approximate surface area is 192 Å². The molecule has 2 aliphatic heterocycles. The van der Waals surface area contributed by atoms with Gasteiger partial charge >= 0.3 is 6.18 Å². The molecule has 2 aromatic heterocycles. The van der Waals surface area contributed by atoms with Gasteiger partial charge in [0.15, 0.2) is 0 Å². The highest BCUT2D eigenvalue weighted by atomic mass is 19.4. The molecule has 4 heterocycles. The van der Waals surface area contributed by atoms with Gasteiger partial charge in [0.05, 0.1) is 41.4 Å². The first-order valence-electron chi connectivity index (χ1n) is 11.3. The highest BCUT2D eigenvalue weighted by Crippen LogP contribution is 2.30. The van der Waals surface area contributed by atoms with Gasteiger partial charge in [0.25, 0.3) is 11.5 Å². The zero-order valence-corrected chi connectivity index (χ0v) is 18.7. The first-order valence-corrected chi connectivity index (χ1v) is 11.3. The second-order valence-electron chi connectivity index (χ2n) is 8.95. The quantitative estimate of drug-likeness (QED) is 0.622. The minimum absolute atomic E-state index is 0.0127. The lowest BCUT2D eigenvalue weighted by Gasteiger charge is -2.32.